The van der Waals surface area contributed by atoms with Crippen molar-refractivity contribution >= 4 is 34.4 Å². The number of carbonyl (C=O) groups excluding carboxylic acids is 1. The molecule has 4 atom stereocenters. The second-order valence-electron chi connectivity index (χ2n) is 11.7. The van der Waals surface area contributed by atoms with E-state index in [1.807, 2.05) is 11.8 Å². The van der Waals surface area contributed by atoms with Gasteiger partial charge in [0.2, 0.25) is 0 Å². The van der Waals surface area contributed by atoms with Gasteiger partial charge in [-0.3, -0.25) is 9.88 Å². The smallest absolute Gasteiger partial charge is 0.407 e. The second kappa shape index (κ2) is 10.8. The number of ether oxygens (including phenoxy) is 3. The number of nitrogens with zero attached hydrogens (tertiary/aromatic N) is 5. The highest BCUT2D eigenvalue weighted by atomic mass is 35.5. The Balaban J connectivity index is 1.36. The van der Waals surface area contributed by atoms with Crippen molar-refractivity contribution in [2.24, 2.45) is 0 Å². The third-order valence-electron chi connectivity index (χ3n) is 8.89. The van der Waals surface area contributed by atoms with E-state index in [4.69, 9.17) is 30.8 Å². The molecule has 43 heavy (non-hydrogen) atoms. The number of halogens is 3. The summed E-state index contributed by atoms with van der Waals surface area (Å²) in [4.78, 5) is 30.2. The van der Waals surface area contributed by atoms with Gasteiger partial charge in [0.1, 0.15) is 54.5 Å². The first-order valence-corrected chi connectivity index (χ1v) is 14.8. The van der Waals surface area contributed by atoms with Gasteiger partial charge in [0.15, 0.2) is 5.82 Å². The van der Waals surface area contributed by atoms with Crippen LogP contribution < -0.4 is 19.7 Å². The lowest BCUT2D eigenvalue weighted by atomic mass is 9.95. The monoisotopic (exact) mass is 616 g/mol. The van der Waals surface area contributed by atoms with Crippen LogP contribution in [0.5, 0.6) is 17.5 Å². The Morgan fingerprint density at radius 1 is 1.26 bits per heavy atom. The van der Waals surface area contributed by atoms with E-state index < -0.39 is 23.6 Å². The average molecular weight is 617 g/mol. The van der Waals surface area contributed by atoms with Crippen LogP contribution in [-0.2, 0) is 4.74 Å². The van der Waals surface area contributed by atoms with Crippen molar-refractivity contribution in [3.63, 3.8) is 0 Å². The first-order chi connectivity index (χ1) is 20.7. The van der Waals surface area contributed by atoms with Gasteiger partial charge in [-0.2, -0.15) is 9.97 Å². The van der Waals surface area contributed by atoms with E-state index in [0.29, 0.717) is 37.1 Å². The van der Waals surface area contributed by atoms with Crippen molar-refractivity contribution in [2.75, 3.05) is 44.4 Å². The third-order valence-corrected chi connectivity index (χ3v) is 9.17. The van der Waals surface area contributed by atoms with E-state index in [1.54, 1.807) is 0 Å². The summed E-state index contributed by atoms with van der Waals surface area (Å²) in [5.74, 6) is -0.530. The molecule has 0 spiro atoms. The predicted octanol–water partition coefficient (Wildman–Crippen LogP) is 4.23. The summed E-state index contributed by atoms with van der Waals surface area (Å²) in [7, 11) is 0. The van der Waals surface area contributed by atoms with Gasteiger partial charge >= 0.3 is 12.1 Å². The van der Waals surface area contributed by atoms with Crippen LogP contribution in [0.4, 0.5) is 19.4 Å². The number of alkyl carbamates (subject to hydrolysis) is 1. The highest BCUT2D eigenvalue weighted by molar-refractivity contribution is 6.32. The van der Waals surface area contributed by atoms with Gasteiger partial charge in [-0.1, -0.05) is 11.6 Å². The minimum absolute atomic E-state index is 0.0235. The molecule has 0 unspecified atom stereocenters. The minimum atomic E-state index is -0.929. The highest BCUT2D eigenvalue weighted by Gasteiger charge is 2.49. The van der Waals surface area contributed by atoms with E-state index >= 15 is 4.39 Å². The van der Waals surface area contributed by atoms with Gasteiger partial charge < -0.3 is 29.5 Å². The number of rotatable bonds is 3. The molecule has 1 amide bonds. The first kappa shape index (κ1) is 28.1. The quantitative estimate of drug-likeness (QED) is 0.442. The Hall–Kier alpha value is -3.71. The maximum absolute atomic E-state index is 16.5. The van der Waals surface area contributed by atoms with Gasteiger partial charge in [0, 0.05) is 37.8 Å². The number of nitrogens with one attached hydrogen (secondary N) is 1. The molecule has 3 aromatic rings. The summed E-state index contributed by atoms with van der Waals surface area (Å²) in [5.41, 5.74) is -0.542. The lowest BCUT2D eigenvalue weighted by molar-refractivity contribution is 0.107. The zero-order valence-electron chi connectivity index (χ0n) is 23.5. The molecular weight excluding hydrogens is 586 g/mol. The number of fused-ring (bicyclic) bond motifs is 7. The van der Waals surface area contributed by atoms with E-state index in [9.17, 15) is 14.3 Å². The number of aromatic hydroxyl groups is 1. The summed E-state index contributed by atoms with van der Waals surface area (Å²) in [6, 6.07) is 2.17. The summed E-state index contributed by atoms with van der Waals surface area (Å²) in [5, 5.41) is 13.6. The molecule has 1 aromatic carbocycles. The van der Waals surface area contributed by atoms with Crippen LogP contribution in [0, 0.1) is 5.82 Å². The molecule has 14 heteroatoms. The summed E-state index contributed by atoms with van der Waals surface area (Å²) >= 11 is 6.39. The third kappa shape index (κ3) is 5.01. The van der Waals surface area contributed by atoms with Gasteiger partial charge in [-0.25, -0.2) is 13.6 Å². The van der Waals surface area contributed by atoms with Crippen molar-refractivity contribution in [3.8, 4) is 28.8 Å². The van der Waals surface area contributed by atoms with Gasteiger partial charge in [-0.15, -0.1) is 0 Å². The van der Waals surface area contributed by atoms with Crippen molar-refractivity contribution in [2.45, 2.75) is 56.4 Å². The number of phenolic OH excluding ortho intramolecular Hbond substituents is 1. The van der Waals surface area contributed by atoms with Crippen LogP contribution in [0.2, 0.25) is 5.02 Å². The van der Waals surface area contributed by atoms with Crippen molar-refractivity contribution in [1.29, 1.82) is 0 Å². The largest absolute Gasteiger partial charge is 0.508 e. The number of amides is 1. The molecule has 3 fully saturated rings. The van der Waals surface area contributed by atoms with Crippen molar-refractivity contribution < 1.29 is 32.9 Å². The van der Waals surface area contributed by atoms with Crippen LogP contribution in [0.3, 0.4) is 0 Å². The summed E-state index contributed by atoms with van der Waals surface area (Å²) < 4.78 is 48.2. The van der Waals surface area contributed by atoms with E-state index in [0.717, 1.165) is 19.4 Å². The Labute approximate surface area is 251 Å². The van der Waals surface area contributed by atoms with Gasteiger partial charge in [-0.05, 0) is 38.8 Å². The standard InChI is InChI=1S/C29H31ClF2N6O5/c1-15-7-17-13-38(15)26-20-11-33-23(19-8-18(39)9-21(30)25(19)41-5-6-42-28(40)34-17)22(32)24(20)35-27(36-26)43-14-29-3-2-4-37(29)12-16(31)10-29/h8-9,11,15-17,39H,2-7,10,12-14H2,1H3,(H,34,40)/t15-,16-,17-,29+/m1/s1. The number of carbonyl (C=O) groups is 1. The zero-order valence-corrected chi connectivity index (χ0v) is 24.2. The maximum atomic E-state index is 16.5. The lowest BCUT2D eigenvalue weighted by Gasteiger charge is -2.31. The van der Waals surface area contributed by atoms with Crippen LogP contribution in [0.15, 0.2) is 18.3 Å². The fourth-order valence-corrected chi connectivity index (χ4v) is 7.23. The van der Waals surface area contributed by atoms with E-state index in [2.05, 4.69) is 20.2 Å². The molecule has 6 bridgehead atoms. The molecule has 7 heterocycles. The number of alkyl halides is 1. The van der Waals surface area contributed by atoms with Crippen molar-refractivity contribution in [3.05, 3.63) is 29.2 Å². The number of pyridine rings is 1. The molecule has 0 aliphatic carbocycles. The molecule has 8 rings (SSSR count). The Morgan fingerprint density at radius 3 is 2.95 bits per heavy atom. The molecule has 5 aliphatic heterocycles. The molecule has 0 saturated carbocycles. The number of benzene rings is 1. The number of hydrogen-bond acceptors (Lipinski definition) is 10. The molecule has 2 aromatic heterocycles. The molecule has 2 N–H and O–H groups in total. The van der Waals surface area contributed by atoms with Gasteiger partial charge in [0.05, 0.1) is 27.6 Å². The summed E-state index contributed by atoms with van der Waals surface area (Å²) in [6.45, 7) is 3.55. The molecule has 3 saturated heterocycles. The molecule has 228 valence electrons. The van der Waals surface area contributed by atoms with Crippen LogP contribution >= 0.6 is 11.6 Å². The number of hydrogen-bond donors (Lipinski definition) is 2. The minimum Gasteiger partial charge on any atom is -0.508 e. The van der Waals surface area contributed by atoms with E-state index in [-0.39, 0.29) is 71.2 Å². The molecule has 11 nitrogen and oxygen atoms in total. The normalized spacial score (nSPS) is 27.2. The Bertz CT molecular complexity index is 1600. The molecular formula is C29H31ClF2N6O5. The zero-order chi connectivity index (χ0) is 29.9. The Morgan fingerprint density at radius 2 is 2.09 bits per heavy atom. The summed E-state index contributed by atoms with van der Waals surface area (Å²) in [6.07, 6.45) is 2.66. The SMILES string of the molecule is C[C@@H]1C[C@@H]2CN1c1nc(OC[C@@]34CCCN3C[C@H](F)C4)nc3c(F)c(ncc13)-c1cc(O)cc(Cl)c1OCCOC(=O)N2. The van der Waals surface area contributed by atoms with Crippen LogP contribution in [0.25, 0.3) is 22.2 Å². The first-order valence-electron chi connectivity index (χ1n) is 14.4. The number of aromatic nitrogens is 3. The van der Waals surface area contributed by atoms with Crippen LogP contribution in [0.1, 0.15) is 32.6 Å². The second-order valence-corrected chi connectivity index (χ2v) is 12.2. The Kier molecular flexibility index (Phi) is 7.04. The average Bonchev–Trinajstić information content (AvgIpc) is 3.61. The predicted molar refractivity (Wildman–Crippen MR) is 153 cm³/mol. The van der Waals surface area contributed by atoms with Crippen molar-refractivity contribution in [1.82, 2.24) is 25.2 Å². The highest BCUT2D eigenvalue weighted by Crippen LogP contribution is 2.43. The fourth-order valence-electron chi connectivity index (χ4n) is 6.96. The van der Waals surface area contributed by atoms with Crippen LogP contribution in [-0.4, -0.2) is 94.3 Å². The fraction of sp³-hybridized carbons (Fsp3) is 0.517. The van der Waals surface area contributed by atoms with Gasteiger partial charge in [0.25, 0.3) is 0 Å². The maximum Gasteiger partial charge on any atom is 0.407 e. The number of phenols is 1. The molecule has 5 aliphatic rings. The number of anilines is 1. The van der Waals surface area contributed by atoms with E-state index in [1.165, 1.54) is 18.3 Å². The molecule has 0 radical (unpaired) electrons. The lowest BCUT2D eigenvalue weighted by Crippen LogP contribution is -2.43. The topological polar surface area (TPSA) is 122 Å².